The molecule has 0 radical (unpaired) electrons. The van der Waals surface area contributed by atoms with Gasteiger partial charge in [-0.05, 0) is 19.1 Å². The van der Waals surface area contributed by atoms with Gasteiger partial charge in [0, 0.05) is 11.5 Å². The average Bonchev–Trinajstić information content (AvgIpc) is 2.28. The number of hydrogen-bond acceptors (Lipinski definition) is 3. The molecule has 0 fully saturated rings. The smallest absolute Gasteiger partial charge is 0.258 e. The lowest BCUT2D eigenvalue weighted by atomic mass is 10.1. The summed E-state index contributed by atoms with van der Waals surface area (Å²) in [5.41, 5.74) is 1.20. The number of nitro benzene ring substituents is 1. The minimum atomic E-state index is -0.408. The fourth-order valence-corrected chi connectivity index (χ4v) is 1.56. The Kier molecular flexibility index (Phi) is 2.64. The molecule has 2 aromatic rings. The molecular formula is C12H10N2O2. The first-order chi connectivity index (χ1) is 7.72. The first kappa shape index (κ1) is 10.3. The molecule has 1 aromatic heterocycles. The van der Waals surface area contributed by atoms with Crippen molar-refractivity contribution < 1.29 is 4.92 Å². The van der Waals surface area contributed by atoms with E-state index in [1.807, 2.05) is 37.3 Å². The van der Waals surface area contributed by atoms with E-state index in [1.165, 1.54) is 6.07 Å². The summed E-state index contributed by atoms with van der Waals surface area (Å²) in [7, 11) is 0. The Hall–Kier alpha value is -2.23. The molecule has 0 bridgehead atoms. The second-order valence-corrected chi connectivity index (χ2v) is 3.34. The van der Waals surface area contributed by atoms with Crippen molar-refractivity contribution in [3.63, 3.8) is 0 Å². The third-order valence-electron chi connectivity index (χ3n) is 2.25. The highest BCUT2D eigenvalue weighted by atomic mass is 16.6. The highest BCUT2D eigenvalue weighted by Gasteiger charge is 2.12. The van der Waals surface area contributed by atoms with Crippen molar-refractivity contribution in [3.05, 3.63) is 52.2 Å². The number of non-ortho nitro benzene ring substituents is 1. The van der Waals surface area contributed by atoms with Crippen LogP contribution >= 0.6 is 0 Å². The van der Waals surface area contributed by atoms with Gasteiger partial charge in [0.05, 0.1) is 10.6 Å². The minimum Gasteiger partial charge on any atom is -0.258 e. The van der Waals surface area contributed by atoms with Crippen LogP contribution in [0.3, 0.4) is 0 Å². The summed E-state index contributed by atoms with van der Waals surface area (Å²) in [6.45, 7) is 1.88. The third-order valence-corrected chi connectivity index (χ3v) is 2.25. The van der Waals surface area contributed by atoms with Crippen LogP contribution in [0.5, 0.6) is 0 Å². The minimum absolute atomic E-state index is 0.0452. The van der Waals surface area contributed by atoms with Gasteiger partial charge in [0.1, 0.15) is 5.52 Å². The van der Waals surface area contributed by atoms with E-state index in [2.05, 4.69) is 4.98 Å². The van der Waals surface area contributed by atoms with Crippen molar-refractivity contribution in [1.29, 1.82) is 0 Å². The number of allylic oxidation sites excluding steroid dienone is 1. The van der Waals surface area contributed by atoms with Crippen LogP contribution in [0.4, 0.5) is 5.69 Å². The number of nitro groups is 1. The molecular weight excluding hydrogens is 204 g/mol. The van der Waals surface area contributed by atoms with Gasteiger partial charge in [-0.2, -0.15) is 0 Å². The molecule has 0 saturated carbocycles. The van der Waals surface area contributed by atoms with Crippen LogP contribution < -0.4 is 0 Å². The highest BCUT2D eigenvalue weighted by Crippen LogP contribution is 2.23. The van der Waals surface area contributed by atoms with Crippen LogP contribution in [0.2, 0.25) is 0 Å². The lowest BCUT2D eigenvalue weighted by Crippen LogP contribution is -1.92. The first-order valence-electron chi connectivity index (χ1n) is 4.89. The predicted molar refractivity (Wildman–Crippen MR) is 63.1 cm³/mol. The zero-order valence-corrected chi connectivity index (χ0v) is 8.75. The van der Waals surface area contributed by atoms with E-state index in [9.17, 15) is 10.1 Å². The van der Waals surface area contributed by atoms with Crippen LogP contribution in [0.15, 0.2) is 36.4 Å². The monoisotopic (exact) mass is 214 g/mol. The van der Waals surface area contributed by atoms with Crippen LogP contribution in [-0.4, -0.2) is 9.91 Å². The van der Waals surface area contributed by atoms with E-state index in [0.29, 0.717) is 5.52 Å². The second-order valence-electron chi connectivity index (χ2n) is 3.34. The van der Waals surface area contributed by atoms with Crippen molar-refractivity contribution in [2.45, 2.75) is 6.92 Å². The van der Waals surface area contributed by atoms with E-state index in [-0.39, 0.29) is 5.69 Å². The van der Waals surface area contributed by atoms with E-state index in [1.54, 1.807) is 6.07 Å². The van der Waals surface area contributed by atoms with Gasteiger partial charge < -0.3 is 0 Å². The van der Waals surface area contributed by atoms with E-state index in [4.69, 9.17) is 0 Å². The standard InChI is InChI=1S/C12H10N2O2/c1-2-4-10-8-7-9-5-3-6-11(14(15)16)12(9)13-10/h2-8H,1H3/b4-2+. The number of aromatic nitrogens is 1. The number of nitrogens with zero attached hydrogens (tertiary/aromatic N) is 2. The van der Waals surface area contributed by atoms with Crippen LogP contribution in [0.25, 0.3) is 17.0 Å². The van der Waals surface area contributed by atoms with Crippen LogP contribution in [0.1, 0.15) is 12.6 Å². The Morgan fingerprint density at radius 1 is 1.31 bits per heavy atom. The number of hydrogen-bond donors (Lipinski definition) is 0. The van der Waals surface area contributed by atoms with E-state index in [0.717, 1.165) is 11.1 Å². The molecule has 16 heavy (non-hydrogen) atoms. The van der Waals surface area contributed by atoms with Crippen molar-refractivity contribution in [2.24, 2.45) is 0 Å². The first-order valence-corrected chi connectivity index (χ1v) is 4.89. The molecule has 0 aliphatic heterocycles. The maximum Gasteiger partial charge on any atom is 0.295 e. The van der Waals surface area contributed by atoms with Gasteiger partial charge in [-0.25, -0.2) is 4.98 Å². The molecule has 0 aliphatic carbocycles. The Morgan fingerprint density at radius 2 is 2.12 bits per heavy atom. The van der Waals surface area contributed by atoms with Crippen molar-refractivity contribution in [1.82, 2.24) is 4.98 Å². The summed E-state index contributed by atoms with van der Waals surface area (Å²) in [6, 6.07) is 8.62. The number of benzene rings is 1. The fraction of sp³-hybridized carbons (Fsp3) is 0.0833. The van der Waals surface area contributed by atoms with Gasteiger partial charge in [0.2, 0.25) is 0 Å². The number of fused-ring (bicyclic) bond motifs is 1. The quantitative estimate of drug-likeness (QED) is 0.569. The molecule has 0 atom stereocenters. The van der Waals surface area contributed by atoms with Gasteiger partial charge >= 0.3 is 0 Å². The topological polar surface area (TPSA) is 56.0 Å². The summed E-state index contributed by atoms with van der Waals surface area (Å²) in [5.74, 6) is 0. The normalized spacial score (nSPS) is 11.1. The molecule has 0 unspecified atom stereocenters. The zero-order chi connectivity index (χ0) is 11.5. The van der Waals surface area contributed by atoms with Crippen LogP contribution in [0, 0.1) is 10.1 Å². The van der Waals surface area contributed by atoms with Crippen molar-refractivity contribution in [3.8, 4) is 0 Å². The largest absolute Gasteiger partial charge is 0.295 e. The molecule has 4 heteroatoms. The Balaban J connectivity index is 2.73. The second kappa shape index (κ2) is 4.10. The summed E-state index contributed by atoms with van der Waals surface area (Å²) in [5, 5.41) is 11.6. The molecule has 2 rings (SSSR count). The van der Waals surface area contributed by atoms with Gasteiger partial charge in [-0.15, -0.1) is 0 Å². The van der Waals surface area contributed by atoms with Gasteiger partial charge in [-0.1, -0.05) is 24.3 Å². The lowest BCUT2D eigenvalue weighted by Gasteiger charge is -1.99. The number of rotatable bonds is 2. The van der Waals surface area contributed by atoms with Crippen LogP contribution in [-0.2, 0) is 0 Å². The maximum absolute atomic E-state index is 10.8. The molecule has 0 aliphatic rings. The number of pyridine rings is 1. The molecule has 0 spiro atoms. The average molecular weight is 214 g/mol. The highest BCUT2D eigenvalue weighted by molar-refractivity contribution is 5.87. The van der Waals surface area contributed by atoms with E-state index >= 15 is 0 Å². The molecule has 1 heterocycles. The Labute approximate surface area is 92.4 Å². The molecule has 80 valence electrons. The Bertz CT molecular complexity index is 576. The van der Waals surface area contributed by atoms with E-state index < -0.39 is 4.92 Å². The van der Waals surface area contributed by atoms with Crippen molar-refractivity contribution >= 4 is 22.7 Å². The van der Waals surface area contributed by atoms with Gasteiger partial charge in [-0.3, -0.25) is 10.1 Å². The lowest BCUT2D eigenvalue weighted by molar-refractivity contribution is -0.383. The van der Waals surface area contributed by atoms with Crippen molar-refractivity contribution in [2.75, 3.05) is 0 Å². The molecule has 0 saturated heterocycles. The summed E-state index contributed by atoms with van der Waals surface area (Å²) in [4.78, 5) is 14.7. The summed E-state index contributed by atoms with van der Waals surface area (Å²) < 4.78 is 0. The maximum atomic E-state index is 10.8. The zero-order valence-electron chi connectivity index (χ0n) is 8.75. The fourth-order valence-electron chi connectivity index (χ4n) is 1.56. The predicted octanol–water partition coefficient (Wildman–Crippen LogP) is 3.18. The number of para-hydroxylation sites is 1. The SMILES string of the molecule is C/C=C/c1ccc2cccc([N+](=O)[O-])c2n1. The molecule has 0 N–H and O–H groups in total. The van der Waals surface area contributed by atoms with Gasteiger partial charge in [0.25, 0.3) is 5.69 Å². The Morgan fingerprint density at radius 3 is 2.81 bits per heavy atom. The summed E-state index contributed by atoms with van der Waals surface area (Å²) >= 11 is 0. The summed E-state index contributed by atoms with van der Waals surface area (Å²) in [6.07, 6.45) is 3.67. The van der Waals surface area contributed by atoms with Gasteiger partial charge in [0.15, 0.2) is 0 Å². The molecule has 1 aromatic carbocycles. The third kappa shape index (κ3) is 1.77. The molecule has 4 nitrogen and oxygen atoms in total. The molecule has 0 amide bonds.